The van der Waals surface area contributed by atoms with E-state index in [9.17, 15) is 4.79 Å². The third-order valence-electron chi connectivity index (χ3n) is 1.55. The molecule has 4 heteroatoms. The lowest BCUT2D eigenvalue weighted by Crippen LogP contribution is -2.38. The highest BCUT2D eigenvalue weighted by atomic mass is 16.4. The van der Waals surface area contributed by atoms with Crippen LogP contribution in [0.5, 0.6) is 0 Å². The summed E-state index contributed by atoms with van der Waals surface area (Å²) in [6, 6.07) is 0.260. The Kier molecular flexibility index (Phi) is 5.78. The third-order valence-corrected chi connectivity index (χ3v) is 1.55. The fourth-order valence-electron chi connectivity index (χ4n) is 0.880. The number of carboxylic acid groups (broad SMARTS) is 1. The van der Waals surface area contributed by atoms with Crippen molar-refractivity contribution in [2.24, 2.45) is 0 Å². The summed E-state index contributed by atoms with van der Waals surface area (Å²) in [6.45, 7) is 2.02. The van der Waals surface area contributed by atoms with Gasteiger partial charge >= 0.3 is 5.97 Å². The second-order valence-corrected chi connectivity index (χ2v) is 2.43. The van der Waals surface area contributed by atoms with Gasteiger partial charge in [0.25, 0.3) is 0 Å². The van der Waals surface area contributed by atoms with Gasteiger partial charge in [-0.25, -0.2) is 0 Å². The molecule has 0 fully saturated rings. The van der Waals surface area contributed by atoms with E-state index in [4.69, 9.17) is 5.11 Å². The molecule has 0 aromatic heterocycles. The summed E-state index contributed by atoms with van der Waals surface area (Å²) in [6.07, 6.45) is 1.84. The van der Waals surface area contributed by atoms with E-state index in [1.807, 2.05) is 6.92 Å². The zero-order valence-corrected chi connectivity index (χ0v) is 7.05. The van der Waals surface area contributed by atoms with Gasteiger partial charge in [0.15, 0.2) is 0 Å². The maximum absolute atomic E-state index is 10.2. The summed E-state index contributed by atoms with van der Waals surface area (Å²) in [5.74, 6) is -0.735. The van der Waals surface area contributed by atoms with Crippen LogP contribution >= 0.6 is 0 Å². The minimum Gasteiger partial charge on any atom is -0.481 e. The molecule has 0 saturated carbocycles. The highest BCUT2D eigenvalue weighted by Crippen LogP contribution is 1.99. The molecule has 0 amide bonds. The van der Waals surface area contributed by atoms with E-state index >= 15 is 0 Å². The molecule has 11 heavy (non-hydrogen) atoms. The van der Waals surface area contributed by atoms with Gasteiger partial charge in [-0.05, 0) is 19.9 Å². The molecule has 0 aliphatic rings. The number of carbonyl (C=O) groups is 1. The van der Waals surface area contributed by atoms with Crippen molar-refractivity contribution in [1.82, 2.24) is 10.9 Å². The van der Waals surface area contributed by atoms with E-state index in [1.165, 1.54) is 0 Å². The van der Waals surface area contributed by atoms with E-state index in [0.29, 0.717) is 6.42 Å². The zero-order chi connectivity index (χ0) is 8.69. The molecule has 0 radical (unpaired) electrons. The second kappa shape index (κ2) is 6.12. The second-order valence-electron chi connectivity index (χ2n) is 2.43. The Labute approximate surface area is 67.0 Å². The summed E-state index contributed by atoms with van der Waals surface area (Å²) >= 11 is 0. The molecule has 0 aliphatic heterocycles. The van der Waals surface area contributed by atoms with Crippen LogP contribution in [0, 0.1) is 0 Å². The Balaban J connectivity index is 3.43. The fourth-order valence-corrected chi connectivity index (χ4v) is 0.880. The predicted octanol–water partition coefficient (Wildman–Crippen LogP) is 0.354. The van der Waals surface area contributed by atoms with Crippen LogP contribution in [0.4, 0.5) is 0 Å². The third kappa shape index (κ3) is 5.82. The molecule has 66 valence electrons. The summed E-state index contributed by atoms with van der Waals surface area (Å²) < 4.78 is 0. The number of aliphatic carboxylic acids is 1. The van der Waals surface area contributed by atoms with Gasteiger partial charge in [-0.1, -0.05) is 6.92 Å². The molecule has 0 aromatic rings. The van der Waals surface area contributed by atoms with Crippen LogP contribution in [0.15, 0.2) is 0 Å². The maximum Gasteiger partial charge on any atom is 0.303 e. The van der Waals surface area contributed by atoms with Crippen molar-refractivity contribution in [2.45, 2.75) is 32.2 Å². The molecule has 4 nitrogen and oxygen atoms in total. The van der Waals surface area contributed by atoms with Crippen LogP contribution in [0.3, 0.4) is 0 Å². The molecule has 0 bridgehead atoms. The first-order chi connectivity index (χ1) is 5.20. The first-order valence-corrected chi connectivity index (χ1v) is 3.84. The number of carboxylic acids is 1. The van der Waals surface area contributed by atoms with Crippen molar-refractivity contribution in [3.8, 4) is 0 Å². The van der Waals surface area contributed by atoms with Crippen LogP contribution in [0.1, 0.15) is 26.2 Å². The van der Waals surface area contributed by atoms with Crippen molar-refractivity contribution in [1.29, 1.82) is 0 Å². The molecule has 0 aliphatic carbocycles. The summed E-state index contributed by atoms with van der Waals surface area (Å²) in [5, 5.41) is 8.38. The quantitative estimate of drug-likeness (QED) is 0.491. The minimum atomic E-state index is -0.735. The lowest BCUT2D eigenvalue weighted by atomic mass is 10.1. The lowest BCUT2D eigenvalue weighted by Gasteiger charge is -2.13. The van der Waals surface area contributed by atoms with Crippen LogP contribution in [0.2, 0.25) is 0 Å². The normalized spacial score (nSPS) is 12.9. The van der Waals surface area contributed by atoms with Gasteiger partial charge in [0, 0.05) is 12.5 Å². The first kappa shape index (κ1) is 10.4. The molecule has 0 rings (SSSR count). The Morgan fingerprint density at radius 1 is 1.64 bits per heavy atom. The Morgan fingerprint density at radius 3 is 2.64 bits per heavy atom. The molecule has 3 N–H and O–H groups in total. The van der Waals surface area contributed by atoms with Crippen molar-refractivity contribution in [3.63, 3.8) is 0 Å². The van der Waals surface area contributed by atoms with E-state index in [2.05, 4.69) is 10.9 Å². The predicted molar refractivity (Wildman–Crippen MR) is 43.1 cm³/mol. The maximum atomic E-state index is 10.2. The highest BCUT2D eigenvalue weighted by Gasteiger charge is 2.06. The number of hydrogen-bond acceptors (Lipinski definition) is 3. The Bertz CT molecular complexity index is 117. The van der Waals surface area contributed by atoms with Gasteiger partial charge < -0.3 is 5.11 Å². The number of hydrazine groups is 1. The number of rotatable bonds is 6. The van der Waals surface area contributed by atoms with E-state index < -0.39 is 5.97 Å². The fraction of sp³-hybridized carbons (Fsp3) is 0.857. The topological polar surface area (TPSA) is 61.4 Å². The van der Waals surface area contributed by atoms with Gasteiger partial charge in [-0.2, -0.15) is 0 Å². The van der Waals surface area contributed by atoms with Crippen LogP contribution in [-0.4, -0.2) is 24.2 Å². The first-order valence-electron chi connectivity index (χ1n) is 3.84. The van der Waals surface area contributed by atoms with Gasteiger partial charge in [-0.3, -0.25) is 15.6 Å². The highest BCUT2D eigenvalue weighted by molar-refractivity contribution is 5.66. The van der Waals surface area contributed by atoms with Crippen LogP contribution in [0.25, 0.3) is 0 Å². The molecule has 0 spiro atoms. The number of nitrogens with one attached hydrogen (secondary N) is 2. The van der Waals surface area contributed by atoms with Crippen LogP contribution in [-0.2, 0) is 4.79 Å². The van der Waals surface area contributed by atoms with E-state index in [-0.39, 0.29) is 12.5 Å². The van der Waals surface area contributed by atoms with Crippen molar-refractivity contribution < 1.29 is 9.90 Å². The Hall–Kier alpha value is -0.610. The van der Waals surface area contributed by atoms with Crippen molar-refractivity contribution >= 4 is 5.97 Å². The van der Waals surface area contributed by atoms with Gasteiger partial charge in [0.2, 0.25) is 0 Å². The molecule has 1 unspecified atom stereocenters. The SMILES string of the molecule is CCC(CCC(=O)O)NNC. The lowest BCUT2D eigenvalue weighted by molar-refractivity contribution is -0.137. The molecular formula is C7H16N2O2. The summed E-state index contributed by atoms with van der Waals surface area (Å²) in [5.41, 5.74) is 5.77. The Morgan fingerprint density at radius 2 is 2.27 bits per heavy atom. The monoisotopic (exact) mass is 160 g/mol. The van der Waals surface area contributed by atoms with Crippen molar-refractivity contribution in [2.75, 3.05) is 7.05 Å². The van der Waals surface area contributed by atoms with Crippen LogP contribution < -0.4 is 10.9 Å². The van der Waals surface area contributed by atoms with Gasteiger partial charge in [0.05, 0.1) is 0 Å². The molecule has 0 saturated heterocycles. The average molecular weight is 160 g/mol. The average Bonchev–Trinajstić information content (AvgIpc) is 1.97. The molecule has 1 atom stereocenters. The summed E-state index contributed by atoms with van der Waals surface area (Å²) in [4.78, 5) is 10.2. The van der Waals surface area contributed by atoms with Gasteiger partial charge in [-0.15, -0.1) is 0 Å². The van der Waals surface area contributed by atoms with Crippen molar-refractivity contribution in [3.05, 3.63) is 0 Å². The van der Waals surface area contributed by atoms with E-state index in [1.54, 1.807) is 7.05 Å². The van der Waals surface area contributed by atoms with E-state index in [0.717, 1.165) is 6.42 Å². The molecular weight excluding hydrogens is 144 g/mol. The molecule has 0 aromatic carbocycles. The summed E-state index contributed by atoms with van der Waals surface area (Å²) in [7, 11) is 1.78. The van der Waals surface area contributed by atoms with Gasteiger partial charge in [0.1, 0.15) is 0 Å². The largest absolute Gasteiger partial charge is 0.481 e. The zero-order valence-electron chi connectivity index (χ0n) is 7.05. The number of hydrogen-bond donors (Lipinski definition) is 3. The standard InChI is InChI=1S/C7H16N2O2/c1-3-6(9-8-2)4-5-7(10)11/h6,8-9H,3-5H2,1-2H3,(H,10,11). The molecule has 0 heterocycles. The minimum absolute atomic E-state index is 0.229. The smallest absolute Gasteiger partial charge is 0.303 e.